The molecule has 4 nitrogen and oxygen atoms in total. The van der Waals surface area contributed by atoms with E-state index in [9.17, 15) is 0 Å². The number of aryl methyl sites for hydroxylation is 2. The van der Waals surface area contributed by atoms with Gasteiger partial charge in [0.2, 0.25) is 11.8 Å². The molecule has 0 aliphatic carbocycles. The number of hydrogen-bond acceptors (Lipinski definition) is 4. The summed E-state index contributed by atoms with van der Waals surface area (Å²) in [6.45, 7) is 4.25. The lowest BCUT2D eigenvalue weighted by molar-refractivity contribution is 0.475. The molecule has 0 fully saturated rings. The number of halogens is 1. The van der Waals surface area contributed by atoms with Crippen LogP contribution in [0.15, 0.2) is 22.6 Å². The molecule has 16 heavy (non-hydrogen) atoms. The Bertz CT molecular complexity index is 496. The van der Waals surface area contributed by atoms with Crippen LogP contribution in [0.25, 0.3) is 0 Å². The van der Waals surface area contributed by atoms with Crippen molar-refractivity contribution in [2.24, 2.45) is 0 Å². The van der Waals surface area contributed by atoms with E-state index < -0.39 is 0 Å². The molecule has 0 atom stereocenters. The zero-order valence-corrected chi connectivity index (χ0v) is 9.88. The topological polar surface area (TPSA) is 51.0 Å². The summed E-state index contributed by atoms with van der Waals surface area (Å²) < 4.78 is 5.25. The second-order valence-corrected chi connectivity index (χ2v) is 3.96. The van der Waals surface area contributed by atoms with Crippen molar-refractivity contribution in [2.75, 3.05) is 5.32 Å². The van der Waals surface area contributed by atoms with Crippen LogP contribution in [0.3, 0.4) is 0 Å². The van der Waals surface area contributed by atoms with Gasteiger partial charge in [-0.05, 0) is 24.6 Å². The third-order valence-corrected chi connectivity index (χ3v) is 2.45. The molecule has 0 aliphatic rings. The van der Waals surface area contributed by atoms with E-state index in [4.69, 9.17) is 16.0 Å². The highest BCUT2D eigenvalue weighted by molar-refractivity contribution is 6.33. The van der Waals surface area contributed by atoms with E-state index in [0.29, 0.717) is 23.3 Å². The molecule has 5 heteroatoms. The third kappa shape index (κ3) is 2.52. The molecule has 0 saturated heterocycles. The van der Waals surface area contributed by atoms with Gasteiger partial charge in [-0.2, -0.15) is 0 Å². The first-order valence-corrected chi connectivity index (χ1v) is 5.32. The van der Waals surface area contributed by atoms with Gasteiger partial charge in [0, 0.05) is 6.92 Å². The van der Waals surface area contributed by atoms with Gasteiger partial charge in [-0.3, -0.25) is 0 Å². The third-order valence-electron chi connectivity index (χ3n) is 2.12. The number of anilines is 1. The molecule has 1 aromatic carbocycles. The van der Waals surface area contributed by atoms with Crippen LogP contribution in [0, 0.1) is 13.8 Å². The van der Waals surface area contributed by atoms with Gasteiger partial charge in [0.15, 0.2) is 0 Å². The first-order valence-electron chi connectivity index (χ1n) is 4.94. The molecule has 2 aromatic rings. The second-order valence-electron chi connectivity index (χ2n) is 3.55. The van der Waals surface area contributed by atoms with Crippen molar-refractivity contribution < 1.29 is 4.42 Å². The van der Waals surface area contributed by atoms with Crippen molar-refractivity contribution in [1.82, 2.24) is 10.2 Å². The van der Waals surface area contributed by atoms with Crippen LogP contribution in [0.1, 0.15) is 17.3 Å². The van der Waals surface area contributed by atoms with E-state index in [1.165, 1.54) is 0 Å². The summed E-state index contributed by atoms with van der Waals surface area (Å²) in [5, 5.41) is 11.5. The number of benzene rings is 1. The van der Waals surface area contributed by atoms with Gasteiger partial charge in [0.1, 0.15) is 0 Å². The molecule has 84 valence electrons. The summed E-state index contributed by atoms with van der Waals surface area (Å²) in [5.74, 6) is 1.11. The van der Waals surface area contributed by atoms with Crippen molar-refractivity contribution in [3.05, 3.63) is 40.6 Å². The molecular formula is C11H12ClN3O. The Hall–Kier alpha value is -1.55. The Kier molecular flexibility index (Phi) is 3.10. The highest BCUT2D eigenvalue weighted by Gasteiger charge is 2.04. The Labute approximate surface area is 98.6 Å². The first-order chi connectivity index (χ1) is 7.65. The van der Waals surface area contributed by atoms with Crippen molar-refractivity contribution in [2.45, 2.75) is 20.4 Å². The molecule has 1 heterocycles. The molecule has 0 saturated carbocycles. The highest BCUT2D eigenvalue weighted by atomic mass is 35.5. The minimum Gasteiger partial charge on any atom is -0.424 e. The standard InChI is InChI=1S/C11H12ClN3O/c1-7-3-4-9(12)10(5-7)13-6-11-15-14-8(2)16-11/h3-5,13H,6H2,1-2H3. The van der Waals surface area contributed by atoms with Gasteiger partial charge in [-0.15, -0.1) is 10.2 Å². The fraction of sp³-hybridized carbons (Fsp3) is 0.273. The van der Waals surface area contributed by atoms with Crippen LogP contribution in [-0.2, 0) is 6.54 Å². The van der Waals surface area contributed by atoms with Crippen LogP contribution in [0.4, 0.5) is 5.69 Å². The van der Waals surface area contributed by atoms with Gasteiger partial charge in [-0.25, -0.2) is 0 Å². The molecule has 2 rings (SSSR count). The summed E-state index contributed by atoms with van der Waals surface area (Å²) in [5.41, 5.74) is 2.02. The maximum atomic E-state index is 6.04. The van der Waals surface area contributed by atoms with Crippen LogP contribution in [0.2, 0.25) is 5.02 Å². The molecule has 0 spiro atoms. The van der Waals surface area contributed by atoms with Crippen LogP contribution in [-0.4, -0.2) is 10.2 Å². The van der Waals surface area contributed by atoms with Crippen molar-refractivity contribution in [3.8, 4) is 0 Å². The number of hydrogen-bond donors (Lipinski definition) is 1. The molecule has 0 radical (unpaired) electrons. The molecule has 1 aromatic heterocycles. The molecule has 0 unspecified atom stereocenters. The van der Waals surface area contributed by atoms with Crippen molar-refractivity contribution >= 4 is 17.3 Å². The Morgan fingerprint density at radius 2 is 2.12 bits per heavy atom. The summed E-state index contributed by atoms with van der Waals surface area (Å²) in [6.07, 6.45) is 0. The summed E-state index contributed by atoms with van der Waals surface area (Å²) in [6, 6.07) is 5.80. The SMILES string of the molecule is Cc1ccc(Cl)c(NCc2nnc(C)o2)c1. The largest absolute Gasteiger partial charge is 0.424 e. The van der Waals surface area contributed by atoms with Gasteiger partial charge < -0.3 is 9.73 Å². The summed E-state index contributed by atoms with van der Waals surface area (Å²) >= 11 is 6.04. The van der Waals surface area contributed by atoms with E-state index in [2.05, 4.69) is 15.5 Å². The predicted molar refractivity (Wildman–Crippen MR) is 62.6 cm³/mol. The average molecular weight is 238 g/mol. The Morgan fingerprint density at radius 3 is 2.81 bits per heavy atom. The zero-order valence-electron chi connectivity index (χ0n) is 9.12. The minimum absolute atomic E-state index is 0.476. The normalized spacial score (nSPS) is 10.4. The minimum atomic E-state index is 0.476. The van der Waals surface area contributed by atoms with Gasteiger partial charge in [0.25, 0.3) is 0 Å². The van der Waals surface area contributed by atoms with E-state index in [1.54, 1.807) is 6.92 Å². The quantitative estimate of drug-likeness (QED) is 0.892. The van der Waals surface area contributed by atoms with Crippen LogP contribution in [0.5, 0.6) is 0 Å². The summed E-state index contributed by atoms with van der Waals surface area (Å²) in [7, 11) is 0. The average Bonchev–Trinajstić information content (AvgIpc) is 2.66. The lowest BCUT2D eigenvalue weighted by Crippen LogP contribution is -2.00. The predicted octanol–water partition coefficient (Wildman–Crippen LogP) is 2.95. The smallest absolute Gasteiger partial charge is 0.235 e. The Balaban J connectivity index is 2.07. The van der Waals surface area contributed by atoms with Crippen molar-refractivity contribution in [1.29, 1.82) is 0 Å². The molecule has 0 amide bonds. The molecule has 1 N–H and O–H groups in total. The van der Waals surface area contributed by atoms with Gasteiger partial charge in [0.05, 0.1) is 17.3 Å². The van der Waals surface area contributed by atoms with E-state index in [1.807, 2.05) is 25.1 Å². The molecular weight excluding hydrogens is 226 g/mol. The highest BCUT2D eigenvalue weighted by Crippen LogP contribution is 2.23. The fourth-order valence-corrected chi connectivity index (χ4v) is 1.54. The fourth-order valence-electron chi connectivity index (χ4n) is 1.35. The van der Waals surface area contributed by atoms with E-state index in [0.717, 1.165) is 11.3 Å². The number of nitrogens with one attached hydrogen (secondary N) is 1. The number of rotatable bonds is 3. The molecule has 0 aliphatic heterocycles. The lowest BCUT2D eigenvalue weighted by atomic mass is 10.2. The van der Waals surface area contributed by atoms with Crippen LogP contribution >= 0.6 is 11.6 Å². The maximum Gasteiger partial charge on any atom is 0.235 e. The lowest BCUT2D eigenvalue weighted by Gasteiger charge is -2.06. The van der Waals surface area contributed by atoms with Crippen LogP contribution < -0.4 is 5.32 Å². The number of nitrogens with zero attached hydrogens (tertiary/aromatic N) is 2. The zero-order chi connectivity index (χ0) is 11.5. The Morgan fingerprint density at radius 1 is 1.31 bits per heavy atom. The maximum absolute atomic E-state index is 6.04. The van der Waals surface area contributed by atoms with E-state index in [-0.39, 0.29) is 0 Å². The molecule has 0 bridgehead atoms. The first kappa shape index (κ1) is 11.0. The number of aromatic nitrogens is 2. The summed E-state index contributed by atoms with van der Waals surface area (Å²) in [4.78, 5) is 0. The monoisotopic (exact) mass is 237 g/mol. The van der Waals surface area contributed by atoms with Gasteiger partial charge in [-0.1, -0.05) is 17.7 Å². The van der Waals surface area contributed by atoms with Crippen molar-refractivity contribution in [3.63, 3.8) is 0 Å². The van der Waals surface area contributed by atoms with Gasteiger partial charge >= 0.3 is 0 Å². The van der Waals surface area contributed by atoms with E-state index >= 15 is 0 Å². The second kappa shape index (κ2) is 4.53.